The third-order valence-corrected chi connectivity index (χ3v) is 6.62. The zero-order valence-corrected chi connectivity index (χ0v) is 16.9. The third-order valence-electron chi connectivity index (χ3n) is 6.62. The molecule has 152 valence electrons. The number of piperazine rings is 1. The largest absolute Gasteiger partial charge is 0.378 e. The molecule has 2 fully saturated rings. The summed E-state index contributed by atoms with van der Waals surface area (Å²) < 4.78 is 7.27. The third kappa shape index (κ3) is 3.20. The van der Waals surface area contributed by atoms with Crippen LogP contribution < -0.4 is 5.56 Å². The SMILES string of the molecule is Cc1ccn(-c2cccc3c2CCC3)c(=O)c1C(=O)N1CCN2CCOCC2C1. The van der Waals surface area contributed by atoms with Gasteiger partial charge in [0.2, 0.25) is 0 Å². The van der Waals surface area contributed by atoms with Crippen LogP contribution >= 0.6 is 0 Å². The van der Waals surface area contributed by atoms with E-state index in [1.54, 1.807) is 4.57 Å². The summed E-state index contributed by atoms with van der Waals surface area (Å²) in [5, 5.41) is 0. The molecule has 2 saturated heterocycles. The van der Waals surface area contributed by atoms with Gasteiger partial charge in [0.15, 0.2) is 0 Å². The fraction of sp³-hybridized carbons (Fsp3) is 0.478. The second-order valence-corrected chi connectivity index (χ2v) is 8.33. The molecule has 1 amide bonds. The second kappa shape index (κ2) is 7.43. The van der Waals surface area contributed by atoms with Crippen LogP contribution in [-0.4, -0.2) is 65.7 Å². The Morgan fingerprint density at radius 1 is 1.14 bits per heavy atom. The Balaban J connectivity index is 1.50. The summed E-state index contributed by atoms with van der Waals surface area (Å²) in [6.07, 6.45) is 4.98. The number of fused-ring (bicyclic) bond motifs is 2. The molecule has 5 rings (SSSR count). The maximum Gasteiger partial charge on any atom is 0.268 e. The van der Waals surface area contributed by atoms with E-state index in [0.717, 1.165) is 50.2 Å². The lowest BCUT2D eigenvalue weighted by Gasteiger charge is -2.43. The van der Waals surface area contributed by atoms with Gasteiger partial charge in [-0.05, 0) is 55.0 Å². The molecular formula is C23H27N3O3. The first-order chi connectivity index (χ1) is 14.1. The Morgan fingerprint density at radius 3 is 2.93 bits per heavy atom. The molecule has 0 N–H and O–H groups in total. The van der Waals surface area contributed by atoms with E-state index in [4.69, 9.17) is 4.74 Å². The quantitative estimate of drug-likeness (QED) is 0.781. The van der Waals surface area contributed by atoms with Crippen LogP contribution in [-0.2, 0) is 17.6 Å². The summed E-state index contributed by atoms with van der Waals surface area (Å²) in [6.45, 7) is 6.30. The second-order valence-electron chi connectivity index (χ2n) is 8.33. The number of hydrogen-bond donors (Lipinski definition) is 0. The summed E-state index contributed by atoms with van der Waals surface area (Å²) in [5.74, 6) is -0.153. The molecule has 1 aliphatic carbocycles. The molecule has 2 aromatic rings. The van der Waals surface area contributed by atoms with Crippen molar-refractivity contribution in [2.24, 2.45) is 0 Å². The zero-order valence-electron chi connectivity index (χ0n) is 16.9. The molecule has 0 saturated carbocycles. The number of morpholine rings is 1. The van der Waals surface area contributed by atoms with Crippen molar-refractivity contribution in [3.05, 3.63) is 63.1 Å². The van der Waals surface area contributed by atoms with Gasteiger partial charge in [0, 0.05) is 32.4 Å². The minimum Gasteiger partial charge on any atom is -0.378 e. The Hall–Kier alpha value is -2.44. The maximum absolute atomic E-state index is 13.4. The van der Waals surface area contributed by atoms with E-state index < -0.39 is 0 Å². The molecule has 0 spiro atoms. The van der Waals surface area contributed by atoms with Crippen molar-refractivity contribution in [2.45, 2.75) is 32.2 Å². The molecule has 3 aliphatic rings. The van der Waals surface area contributed by atoms with E-state index in [9.17, 15) is 9.59 Å². The van der Waals surface area contributed by atoms with Crippen LogP contribution in [0.1, 0.15) is 33.5 Å². The summed E-state index contributed by atoms with van der Waals surface area (Å²) in [5.41, 5.74) is 4.31. The van der Waals surface area contributed by atoms with Crippen molar-refractivity contribution >= 4 is 5.91 Å². The Bertz CT molecular complexity index is 1010. The fourth-order valence-corrected chi connectivity index (χ4v) is 4.99. The van der Waals surface area contributed by atoms with Crippen molar-refractivity contribution in [2.75, 3.05) is 39.4 Å². The Morgan fingerprint density at radius 2 is 2.03 bits per heavy atom. The Labute approximate surface area is 170 Å². The molecule has 3 heterocycles. The zero-order chi connectivity index (χ0) is 20.0. The number of amides is 1. The highest BCUT2D eigenvalue weighted by Gasteiger charge is 2.33. The molecule has 0 radical (unpaired) electrons. The molecule has 0 bridgehead atoms. The van der Waals surface area contributed by atoms with Crippen LogP contribution in [0.5, 0.6) is 0 Å². The fourth-order valence-electron chi connectivity index (χ4n) is 4.99. The predicted molar refractivity (Wildman–Crippen MR) is 111 cm³/mol. The molecule has 1 unspecified atom stereocenters. The van der Waals surface area contributed by atoms with Gasteiger partial charge in [0.25, 0.3) is 11.5 Å². The van der Waals surface area contributed by atoms with Gasteiger partial charge in [-0.1, -0.05) is 12.1 Å². The topological polar surface area (TPSA) is 54.8 Å². The molecule has 1 aromatic heterocycles. The smallest absolute Gasteiger partial charge is 0.268 e. The van der Waals surface area contributed by atoms with Gasteiger partial charge >= 0.3 is 0 Å². The van der Waals surface area contributed by atoms with Crippen LogP contribution in [0.15, 0.2) is 35.3 Å². The first kappa shape index (κ1) is 18.6. The average molecular weight is 393 g/mol. The normalized spacial score (nSPS) is 21.7. The first-order valence-corrected chi connectivity index (χ1v) is 10.6. The highest BCUT2D eigenvalue weighted by molar-refractivity contribution is 5.95. The van der Waals surface area contributed by atoms with E-state index in [1.807, 2.05) is 36.2 Å². The van der Waals surface area contributed by atoms with Gasteiger partial charge in [-0.2, -0.15) is 0 Å². The Kier molecular flexibility index (Phi) is 4.76. The van der Waals surface area contributed by atoms with Gasteiger partial charge in [0.1, 0.15) is 5.56 Å². The number of benzene rings is 1. The van der Waals surface area contributed by atoms with Crippen molar-refractivity contribution in [3.8, 4) is 5.69 Å². The van der Waals surface area contributed by atoms with E-state index in [0.29, 0.717) is 25.3 Å². The van der Waals surface area contributed by atoms with E-state index in [-0.39, 0.29) is 17.5 Å². The summed E-state index contributed by atoms with van der Waals surface area (Å²) >= 11 is 0. The van der Waals surface area contributed by atoms with Crippen LogP contribution in [0.4, 0.5) is 0 Å². The number of aryl methyl sites for hydroxylation is 2. The highest BCUT2D eigenvalue weighted by Crippen LogP contribution is 2.27. The number of ether oxygens (including phenoxy) is 1. The monoisotopic (exact) mass is 393 g/mol. The molecule has 1 atom stereocenters. The predicted octanol–water partition coefficient (Wildman–Crippen LogP) is 1.79. The van der Waals surface area contributed by atoms with Crippen LogP contribution in [0.2, 0.25) is 0 Å². The molecule has 6 heteroatoms. The van der Waals surface area contributed by atoms with Gasteiger partial charge < -0.3 is 9.64 Å². The number of pyridine rings is 1. The van der Waals surface area contributed by atoms with Crippen molar-refractivity contribution in [3.63, 3.8) is 0 Å². The lowest BCUT2D eigenvalue weighted by molar-refractivity contribution is -0.0395. The first-order valence-electron chi connectivity index (χ1n) is 10.6. The van der Waals surface area contributed by atoms with Crippen LogP contribution in [0.3, 0.4) is 0 Å². The lowest BCUT2D eigenvalue weighted by atomic mass is 10.1. The molecule has 6 nitrogen and oxygen atoms in total. The summed E-state index contributed by atoms with van der Waals surface area (Å²) in [6, 6.07) is 8.26. The number of rotatable bonds is 2. The van der Waals surface area contributed by atoms with Crippen molar-refractivity contribution in [1.29, 1.82) is 0 Å². The van der Waals surface area contributed by atoms with E-state index in [1.165, 1.54) is 11.1 Å². The molecule has 1 aromatic carbocycles. The number of aromatic nitrogens is 1. The van der Waals surface area contributed by atoms with Gasteiger partial charge in [-0.3, -0.25) is 19.1 Å². The standard InChI is InChI=1S/C23H27N3O3/c1-16-8-9-26(20-7-3-5-17-4-2-6-19(17)20)23(28)21(16)22(27)25-11-10-24-12-13-29-15-18(24)14-25/h3,5,7-9,18H,2,4,6,10-15H2,1H3. The van der Waals surface area contributed by atoms with Crippen LogP contribution in [0.25, 0.3) is 5.69 Å². The molecular weight excluding hydrogens is 366 g/mol. The van der Waals surface area contributed by atoms with Crippen molar-refractivity contribution in [1.82, 2.24) is 14.4 Å². The summed E-state index contributed by atoms with van der Waals surface area (Å²) in [4.78, 5) is 31.0. The molecule has 29 heavy (non-hydrogen) atoms. The number of carbonyl (C=O) groups excluding carboxylic acids is 1. The van der Waals surface area contributed by atoms with E-state index >= 15 is 0 Å². The summed E-state index contributed by atoms with van der Waals surface area (Å²) in [7, 11) is 0. The number of nitrogens with zero attached hydrogens (tertiary/aromatic N) is 3. The highest BCUT2D eigenvalue weighted by atomic mass is 16.5. The van der Waals surface area contributed by atoms with Gasteiger partial charge in [-0.25, -0.2) is 0 Å². The van der Waals surface area contributed by atoms with Gasteiger partial charge in [0.05, 0.1) is 24.9 Å². The van der Waals surface area contributed by atoms with Crippen LogP contribution in [0, 0.1) is 6.92 Å². The maximum atomic E-state index is 13.4. The van der Waals surface area contributed by atoms with Gasteiger partial charge in [-0.15, -0.1) is 0 Å². The minimum absolute atomic E-state index is 0.153. The average Bonchev–Trinajstić information content (AvgIpc) is 3.23. The molecule has 2 aliphatic heterocycles. The van der Waals surface area contributed by atoms with Crippen molar-refractivity contribution < 1.29 is 9.53 Å². The minimum atomic E-state index is -0.211. The number of carbonyl (C=O) groups is 1. The van der Waals surface area contributed by atoms with E-state index in [2.05, 4.69) is 11.0 Å². The lowest BCUT2D eigenvalue weighted by Crippen LogP contribution is -2.59. The number of hydrogen-bond acceptors (Lipinski definition) is 4.